The first kappa shape index (κ1) is 14.7. The molecule has 5 nitrogen and oxygen atoms in total. The minimum Gasteiger partial charge on any atom is -0.407 e. The number of aromatic nitrogens is 2. The van der Waals surface area contributed by atoms with Crippen LogP contribution in [-0.2, 0) is 6.42 Å². The number of nitrogens with one attached hydrogen (secondary N) is 1. The van der Waals surface area contributed by atoms with E-state index in [-0.39, 0.29) is 11.9 Å². The first-order valence-corrected chi connectivity index (χ1v) is 7.74. The molecule has 0 fully saturated rings. The second-order valence-electron chi connectivity index (χ2n) is 4.70. The van der Waals surface area contributed by atoms with E-state index < -0.39 is 0 Å². The summed E-state index contributed by atoms with van der Waals surface area (Å²) in [5, 5.41) is 10.3. The third-order valence-corrected chi connectivity index (χ3v) is 4.19. The van der Waals surface area contributed by atoms with Gasteiger partial charge >= 0.3 is 6.01 Å². The van der Waals surface area contributed by atoms with E-state index in [2.05, 4.69) is 15.5 Å². The van der Waals surface area contributed by atoms with Gasteiger partial charge in [0.05, 0.1) is 10.8 Å². The highest BCUT2D eigenvalue weighted by Crippen LogP contribution is 2.23. The van der Waals surface area contributed by atoms with E-state index >= 15 is 0 Å². The number of carbonyl (C=O) groups is 1. The standard InChI is InChI=1S/C15H12ClN3O2S/c1-9-2-4-10(5-3-9)14(20)17-15-19-18-13(21-15)8-11-6-7-12(16)22-11/h2-7H,8H2,1H3,(H,17,19,20). The fourth-order valence-corrected chi connectivity index (χ4v) is 2.92. The van der Waals surface area contributed by atoms with E-state index in [0.29, 0.717) is 22.2 Å². The van der Waals surface area contributed by atoms with E-state index in [1.165, 1.54) is 11.3 Å². The van der Waals surface area contributed by atoms with Gasteiger partial charge < -0.3 is 4.42 Å². The molecule has 1 aromatic carbocycles. The van der Waals surface area contributed by atoms with Crippen molar-refractivity contribution in [3.63, 3.8) is 0 Å². The van der Waals surface area contributed by atoms with Crippen LogP contribution in [0.25, 0.3) is 0 Å². The number of carbonyl (C=O) groups excluding carboxylic acids is 1. The van der Waals surface area contributed by atoms with Crippen molar-refractivity contribution in [2.24, 2.45) is 0 Å². The van der Waals surface area contributed by atoms with Gasteiger partial charge in [0.25, 0.3) is 5.91 Å². The summed E-state index contributed by atoms with van der Waals surface area (Å²) in [5.74, 6) is 0.145. The van der Waals surface area contributed by atoms with Crippen molar-refractivity contribution in [1.29, 1.82) is 0 Å². The van der Waals surface area contributed by atoms with Crippen LogP contribution in [0.3, 0.4) is 0 Å². The number of hydrogen-bond acceptors (Lipinski definition) is 5. The number of benzene rings is 1. The molecular weight excluding hydrogens is 322 g/mol. The van der Waals surface area contributed by atoms with Crippen LogP contribution in [0.4, 0.5) is 6.01 Å². The second-order valence-corrected chi connectivity index (χ2v) is 6.50. The van der Waals surface area contributed by atoms with Gasteiger partial charge in [0.1, 0.15) is 0 Å². The van der Waals surface area contributed by atoms with Crippen molar-refractivity contribution < 1.29 is 9.21 Å². The smallest absolute Gasteiger partial charge is 0.322 e. The molecule has 22 heavy (non-hydrogen) atoms. The summed E-state index contributed by atoms with van der Waals surface area (Å²) in [7, 11) is 0. The topological polar surface area (TPSA) is 68.0 Å². The number of aryl methyl sites for hydroxylation is 1. The van der Waals surface area contributed by atoms with Crippen LogP contribution in [0, 0.1) is 6.92 Å². The molecule has 0 unspecified atom stereocenters. The molecule has 0 aliphatic carbocycles. The zero-order valence-corrected chi connectivity index (χ0v) is 13.2. The van der Waals surface area contributed by atoms with Gasteiger partial charge in [-0.2, -0.15) is 0 Å². The molecule has 0 saturated heterocycles. The number of halogens is 1. The summed E-state index contributed by atoms with van der Waals surface area (Å²) in [4.78, 5) is 13.1. The molecule has 0 aliphatic heterocycles. The van der Waals surface area contributed by atoms with Crippen LogP contribution in [0.1, 0.15) is 26.7 Å². The number of nitrogens with zero attached hydrogens (tertiary/aromatic N) is 2. The number of hydrogen-bond donors (Lipinski definition) is 1. The van der Waals surface area contributed by atoms with Gasteiger partial charge in [-0.3, -0.25) is 10.1 Å². The van der Waals surface area contributed by atoms with Crippen molar-refractivity contribution >= 4 is 34.9 Å². The number of rotatable bonds is 4. The highest BCUT2D eigenvalue weighted by Gasteiger charge is 2.12. The Balaban J connectivity index is 1.66. The summed E-state index contributed by atoms with van der Waals surface area (Å²) in [6.07, 6.45) is 0.491. The SMILES string of the molecule is Cc1ccc(C(=O)Nc2nnc(Cc3ccc(Cl)s3)o2)cc1. The Kier molecular flexibility index (Phi) is 4.22. The van der Waals surface area contributed by atoms with Gasteiger partial charge in [0, 0.05) is 10.4 Å². The molecule has 2 aromatic heterocycles. The molecule has 112 valence electrons. The van der Waals surface area contributed by atoms with Crippen molar-refractivity contribution in [3.8, 4) is 0 Å². The Morgan fingerprint density at radius 3 is 2.68 bits per heavy atom. The average molecular weight is 334 g/mol. The fraction of sp³-hybridized carbons (Fsp3) is 0.133. The van der Waals surface area contributed by atoms with E-state index in [1.807, 2.05) is 31.2 Å². The molecule has 0 atom stereocenters. The van der Waals surface area contributed by atoms with Crippen LogP contribution in [0.2, 0.25) is 4.34 Å². The highest BCUT2D eigenvalue weighted by molar-refractivity contribution is 7.16. The molecule has 0 radical (unpaired) electrons. The lowest BCUT2D eigenvalue weighted by Crippen LogP contribution is -2.11. The van der Waals surface area contributed by atoms with Crippen molar-refractivity contribution in [2.75, 3.05) is 5.32 Å². The molecule has 2 heterocycles. The van der Waals surface area contributed by atoms with Gasteiger partial charge in [-0.15, -0.1) is 16.4 Å². The van der Waals surface area contributed by atoms with Gasteiger partial charge in [-0.25, -0.2) is 0 Å². The lowest BCUT2D eigenvalue weighted by Gasteiger charge is -2.00. The summed E-state index contributed by atoms with van der Waals surface area (Å²) in [5.41, 5.74) is 1.63. The van der Waals surface area contributed by atoms with Gasteiger partial charge in [0.15, 0.2) is 0 Å². The number of anilines is 1. The van der Waals surface area contributed by atoms with E-state index in [4.69, 9.17) is 16.0 Å². The van der Waals surface area contributed by atoms with Gasteiger partial charge in [-0.1, -0.05) is 34.4 Å². The highest BCUT2D eigenvalue weighted by atomic mass is 35.5. The summed E-state index contributed by atoms with van der Waals surface area (Å²) in [6, 6.07) is 11.0. The fourth-order valence-electron chi connectivity index (χ4n) is 1.85. The summed E-state index contributed by atoms with van der Waals surface area (Å²) < 4.78 is 6.13. The van der Waals surface area contributed by atoms with Crippen LogP contribution in [-0.4, -0.2) is 16.1 Å². The molecule has 3 aromatic rings. The van der Waals surface area contributed by atoms with Crippen LogP contribution < -0.4 is 5.32 Å². The Bertz CT molecular complexity index is 795. The third kappa shape index (κ3) is 3.52. The zero-order chi connectivity index (χ0) is 15.5. The molecule has 3 rings (SSSR count). The average Bonchev–Trinajstić information content (AvgIpc) is 3.09. The van der Waals surface area contributed by atoms with Crippen LogP contribution in [0.5, 0.6) is 0 Å². The monoisotopic (exact) mass is 333 g/mol. The Morgan fingerprint density at radius 2 is 2.00 bits per heavy atom. The lowest BCUT2D eigenvalue weighted by atomic mass is 10.1. The maximum Gasteiger partial charge on any atom is 0.322 e. The normalized spacial score (nSPS) is 10.6. The minimum atomic E-state index is -0.283. The summed E-state index contributed by atoms with van der Waals surface area (Å²) >= 11 is 7.33. The van der Waals surface area contributed by atoms with Crippen LogP contribution in [0.15, 0.2) is 40.8 Å². The van der Waals surface area contributed by atoms with Crippen molar-refractivity contribution in [2.45, 2.75) is 13.3 Å². The Morgan fingerprint density at radius 1 is 1.23 bits per heavy atom. The second kappa shape index (κ2) is 6.29. The zero-order valence-electron chi connectivity index (χ0n) is 11.7. The predicted octanol–water partition coefficient (Wildman–Crippen LogP) is 3.94. The Hall–Kier alpha value is -2.18. The van der Waals surface area contributed by atoms with Crippen molar-refractivity contribution in [1.82, 2.24) is 10.2 Å². The van der Waals surface area contributed by atoms with Crippen LogP contribution >= 0.6 is 22.9 Å². The number of thiophene rings is 1. The third-order valence-electron chi connectivity index (χ3n) is 2.96. The van der Waals surface area contributed by atoms with E-state index in [1.54, 1.807) is 12.1 Å². The first-order valence-electron chi connectivity index (χ1n) is 6.55. The largest absolute Gasteiger partial charge is 0.407 e. The lowest BCUT2D eigenvalue weighted by molar-refractivity contribution is 0.102. The summed E-state index contributed by atoms with van der Waals surface area (Å²) in [6.45, 7) is 1.96. The van der Waals surface area contributed by atoms with Crippen molar-refractivity contribution in [3.05, 3.63) is 62.6 Å². The van der Waals surface area contributed by atoms with E-state index in [0.717, 1.165) is 10.4 Å². The maximum absolute atomic E-state index is 12.0. The predicted molar refractivity (Wildman–Crippen MR) is 85.6 cm³/mol. The molecule has 0 saturated carbocycles. The molecule has 1 N–H and O–H groups in total. The van der Waals surface area contributed by atoms with Gasteiger partial charge in [0.2, 0.25) is 5.89 Å². The van der Waals surface area contributed by atoms with E-state index in [9.17, 15) is 4.79 Å². The molecule has 0 aliphatic rings. The molecule has 0 spiro atoms. The van der Waals surface area contributed by atoms with Gasteiger partial charge in [-0.05, 0) is 31.2 Å². The minimum absolute atomic E-state index is 0.0863. The molecule has 0 bridgehead atoms. The molecule has 7 heteroatoms. The first-order chi connectivity index (χ1) is 10.6. The quantitative estimate of drug-likeness (QED) is 0.785. The maximum atomic E-state index is 12.0. The number of amides is 1. The Labute approximate surface area is 135 Å². The molecular formula is C15H12ClN3O2S. The molecule has 1 amide bonds.